The molecular weight excluding hydrogens is 312 g/mol. The molecule has 1 aliphatic heterocycles. The zero-order valence-corrected chi connectivity index (χ0v) is 14.1. The third-order valence-electron chi connectivity index (χ3n) is 5.06. The summed E-state index contributed by atoms with van der Waals surface area (Å²) < 4.78 is 22.2. The first-order valence-corrected chi connectivity index (χ1v) is 10.1. The summed E-state index contributed by atoms with van der Waals surface area (Å²) >= 11 is 0. The van der Waals surface area contributed by atoms with E-state index in [0.717, 1.165) is 12.8 Å². The highest BCUT2D eigenvalue weighted by Gasteiger charge is 2.36. The van der Waals surface area contributed by atoms with E-state index in [2.05, 4.69) is 22.8 Å². The van der Waals surface area contributed by atoms with Crippen LogP contribution in [0.3, 0.4) is 0 Å². The molecule has 1 saturated carbocycles. The number of nitrogens with one attached hydrogen (secondary N) is 2. The summed E-state index contributed by atoms with van der Waals surface area (Å²) in [6.45, 7) is 1.06. The molecule has 1 saturated heterocycles. The number of rotatable bonds is 5. The molecule has 23 heavy (non-hydrogen) atoms. The topological polar surface area (TPSA) is 75.3 Å². The van der Waals surface area contributed by atoms with Crippen LogP contribution in [0, 0.1) is 5.92 Å². The highest BCUT2D eigenvalue weighted by atomic mass is 32.2. The highest BCUT2D eigenvalue weighted by molar-refractivity contribution is 7.92. The maximum atomic E-state index is 12.0. The van der Waals surface area contributed by atoms with E-state index in [-0.39, 0.29) is 28.9 Å². The van der Waals surface area contributed by atoms with Crippen LogP contribution in [-0.2, 0) is 15.3 Å². The molecule has 0 atom stereocenters. The van der Waals surface area contributed by atoms with E-state index < -0.39 is 9.84 Å². The Labute approximate surface area is 137 Å². The molecule has 1 heterocycles. The Morgan fingerprint density at radius 1 is 1.09 bits per heavy atom. The molecule has 2 fully saturated rings. The van der Waals surface area contributed by atoms with Gasteiger partial charge >= 0.3 is 6.03 Å². The van der Waals surface area contributed by atoms with Crippen molar-refractivity contribution in [3.63, 3.8) is 0 Å². The van der Waals surface area contributed by atoms with Gasteiger partial charge in [-0.25, -0.2) is 13.2 Å². The Hall–Kier alpha value is -1.56. The van der Waals surface area contributed by atoms with Crippen molar-refractivity contribution in [2.24, 2.45) is 5.92 Å². The molecule has 6 heteroatoms. The van der Waals surface area contributed by atoms with Crippen LogP contribution in [0.15, 0.2) is 30.3 Å². The van der Waals surface area contributed by atoms with Crippen LogP contribution in [0.5, 0.6) is 0 Å². The van der Waals surface area contributed by atoms with E-state index in [9.17, 15) is 13.2 Å². The molecular formula is C17H24N2O3S. The van der Waals surface area contributed by atoms with Crippen LogP contribution < -0.4 is 10.6 Å². The third-order valence-corrected chi connectivity index (χ3v) is 7.02. The average molecular weight is 336 g/mol. The van der Waals surface area contributed by atoms with Crippen molar-refractivity contribution in [1.82, 2.24) is 10.6 Å². The fourth-order valence-corrected chi connectivity index (χ4v) is 5.32. The van der Waals surface area contributed by atoms with E-state index in [0.29, 0.717) is 13.1 Å². The molecule has 126 valence electrons. The van der Waals surface area contributed by atoms with E-state index >= 15 is 0 Å². The molecule has 0 bridgehead atoms. The Balaban J connectivity index is 1.50. The van der Waals surface area contributed by atoms with Gasteiger partial charge in [0.25, 0.3) is 0 Å². The number of benzene rings is 1. The second kappa shape index (κ2) is 6.51. The van der Waals surface area contributed by atoms with Gasteiger partial charge in [-0.1, -0.05) is 43.2 Å². The van der Waals surface area contributed by atoms with Gasteiger partial charge in [0, 0.05) is 24.4 Å². The third kappa shape index (κ3) is 3.86. The molecule has 3 rings (SSSR count). The first-order valence-electron chi connectivity index (χ1n) is 8.27. The number of carbonyl (C=O) groups excluding carboxylic acids is 1. The quantitative estimate of drug-likeness (QED) is 0.861. The van der Waals surface area contributed by atoms with Gasteiger partial charge in [-0.15, -0.1) is 0 Å². The highest BCUT2D eigenvalue weighted by Crippen LogP contribution is 2.40. The molecule has 0 spiro atoms. The van der Waals surface area contributed by atoms with E-state index in [4.69, 9.17) is 0 Å². The standard InChI is InChI=1S/C17H24N2O3S/c20-16(18-10-14-11-23(21,22)12-14)19-13-17(8-4-5-9-17)15-6-2-1-3-7-15/h1-3,6-7,14H,4-5,8-13H2,(H2,18,19,20). The minimum Gasteiger partial charge on any atom is -0.338 e. The predicted molar refractivity (Wildman–Crippen MR) is 90.1 cm³/mol. The summed E-state index contributed by atoms with van der Waals surface area (Å²) in [7, 11) is -2.82. The minimum absolute atomic E-state index is 0.0401. The summed E-state index contributed by atoms with van der Waals surface area (Å²) in [5, 5.41) is 5.79. The van der Waals surface area contributed by atoms with Crippen LogP contribution >= 0.6 is 0 Å². The lowest BCUT2D eigenvalue weighted by molar-refractivity contribution is 0.235. The van der Waals surface area contributed by atoms with Crippen molar-refractivity contribution < 1.29 is 13.2 Å². The lowest BCUT2D eigenvalue weighted by Gasteiger charge is -2.30. The van der Waals surface area contributed by atoms with Gasteiger partial charge in [-0.2, -0.15) is 0 Å². The monoisotopic (exact) mass is 336 g/mol. The Kier molecular flexibility index (Phi) is 4.62. The van der Waals surface area contributed by atoms with Crippen molar-refractivity contribution in [3.05, 3.63) is 35.9 Å². The summed E-state index contributed by atoms with van der Waals surface area (Å²) in [5.74, 6) is 0.461. The number of hydrogen-bond donors (Lipinski definition) is 2. The van der Waals surface area contributed by atoms with Crippen LogP contribution in [0.2, 0.25) is 0 Å². The smallest absolute Gasteiger partial charge is 0.314 e. The van der Waals surface area contributed by atoms with Crippen LogP contribution in [0.25, 0.3) is 0 Å². The maximum absolute atomic E-state index is 12.0. The summed E-state index contributed by atoms with van der Waals surface area (Å²) in [6, 6.07) is 10.2. The van der Waals surface area contributed by atoms with Gasteiger partial charge in [-0.05, 0) is 18.4 Å². The molecule has 2 aliphatic rings. The predicted octanol–water partition coefficient (Wildman–Crippen LogP) is 1.84. The number of carbonyl (C=O) groups is 1. The summed E-state index contributed by atoms with van der Waals surface area (Å²) in [4.78, 5) is 12.0. The van der Waals surface area contributed by atoms with E-state index in [1.165, 1.54) is 18.4 Å². The van der Waals surface area contributed by atoms with Gasteiger partial charge in [0.1, 0.15) is 0 Å². The van der Waals surface area contributed by atoms with Crippen molar-refractivity contribution >= 4 is 15.9 Å². The van der Waals surface area contributed by atoms with Gasteiger partial charge in [-0.3, -0.25) is 0 Å². The van der Waals surface area contributed by atoms with Gasteiger partial charge < -0.3 is 10.6 Å². The Morgan fingerprint density at radius 2 is 1.74 bits per heavy atom. The van der Waals surface area contributed by atoms with Crippen molar-refractivity contribution in [2.75, 3.05) is 24.6 Å². The zero-order chi connectivity index (χ0) is 16.3. The van der Waals surface area contributed by atoms with Crippen LogP contribution in [-0.4, -0.2) is 39.0 Å². The molecule has 0 unspecified atom stereocenters. The Morgan fingerprint density at radius 3 is 2.35 bits per heavy atom. The molecule has 0 radical (unpaired) electrons. The number of hydrogen-bond acceptors (Lipinski definition) is 3. The molecule has 1 aromatic carbocycles. The fraction of sp³-hybridized carbons (Fsp3) is 0.588. The normalized spacial score (nSPS) is 22.3. The second-order valence-electron chi connectivity index (χ2n) is 6.86. The minimum atomic E-state index is -2.82. The van der Waals surface area contributed by atoms with Gasteiger partial charge in [0.05, 0.1) is 11.5 Å². The fourth-order valence-electron chi connectivity index (χ4n) is 3.75. The first kappa shape index (κ1) is 16.3. The largest absolute Gasteiger partial charge is 0.338 e. The summed E-state index contributed by atoms with van der Waals surface area (Å²) in [6.07, 6.45) is 4.58. The van der Waals surface area contributed by atoms with Crippen LogP contribution in [0.1, 0.15) is 31.2 Å². The summed E-state index contributed by atoms with van der Waals surface area (Å²) in [5.41, 5.74) is 1.33. The van der Waals surface area contributed by atoms with Crippen molar-refractivity contribution in [2.45, 2.75) is 31.1 Å². The number of urea groups is 1. The SMILES string of the molecule is O=C(NCC1CS(=O)(=O)C1)NCC1(c2ccccc2)CCCC1. The van der Waals surface area contributed by atoms with Crippen LogP contribution in [0.4, 0.5) is 4.79 Å². The average Bonchev–Trinajstić information content (AvgIpc) is 3.00. The maximum Gasteiger partial charge on any atom is 0.314 e. The van der Waals surface area contributed by atoms with E-state index in [1.807, 2.05) is 18.2 Å². The van der Waals surface area contributed by atoms with Crippen molar-refractivity contribution in [1.29, 1.82) is 0 Å². The van der Waals surface area contributed by atoms with Crippen molar-refractivity contribution in [3.8, 4) is 0 Å². The van der Waals surface area contributed by atoms with Gasteiger partial charge in [0.2, 0.25) is 0 Å². The molecule has 1 aromatic rings. The lowest BCUT2D eigenvalue weighted by atomic mass is 9.79. The second-order valence-corrected chi connectivity index (χ2v) is 9.01. The molecule has 0 aromatic heterocycles. The number of sulfone groups is 1. The molecule has 1 aliphatic carbocycles. The molecule has 5 nitrogen and oxygen atoms in total. The first-order chi connectivity index (χ1) is 11.0. The number of amides is 2. The molecule has 2 amide bonds. The lowest BCUT2D eigenvalue weighted by Crippen LogP contribution is -2.48. The van der Waals surface area contributed by atoms with Gasteiger partial charge in [0.15, 0.2) is 9.84 Å². The van der Waals surface area contributed by atoms with E-state index in [1.54, 1.807) is 0 Å². The molecule has 2 N–H and O–H groups in total. The zero-order valence-electron chi connectivity index (χ0n) is 13.3. The Bertz CT molecular complexity index is 640.